The summed E-state index contributed by atoms with van der Waals surface area (Å²) in [6.45, 7) is 7.65. The lowest BCUT2D eigenvalue weighted by Gasteiger charge is -2.58. The maximum absolute atomic E-state index is 13.2. The van der Waals surface area contributed by atoms with E-state index in [0.29, 0.717) is 30.8 Å². The number of hydrogen-bond donors (Lipinski definition) is 4. The van der Waals surface area contributed by atoms with Gasteiger partial charge in [-0.1, -0.05) is 32.4 Å². The second-order valence-electron chi connectivity index (χ2n) is 12.2. The van der Waals surface area contributed by atoms with Gasteiger partial charge < -0.3 is 39.1 Å². The topological polar surface area (TPSA) is 156 Å². The highest BCUT2D eigenvalue weighted by molar-refractivity contribution is 5.85. The van der Waals surface area contributed by atoms with Gasteiger partial charge in [-0.2, -0.15) is 0 Å². The molecule has 2 fully saturated rings. The maximum Gasteiger partial charge on any atom is 0.336 e. The van der Waals surface area contributed by atoms with Gasteiger partial charge in [-0.25, -0.2) is 4.79 Å². The highest BCUT2D eigenvalue weighted by atomic mass is 16.7. The number of ether oxygens (including phenoxy) is 3. The summed E-state index contributed by atoms with van der Waals surface area (Å²) in [5.74, 6) is 0.244. The Hall–Kier alpha value is -2.60. The zero-order chi connectivity index (χ0) is 29.0. The van der Waals surface area contributed by atoms with Crippen molar-refractivity contribution in [1.82, 2.24) is 0 Å². The highest BCUT2D eigenvalue weighted by Crippen LogP contribution is 2.59. The molecule has 10 nitrogen and oxygen atoms in total. The van der Waals surface area contributed by atoms with Crippen LogP contribution in [0.5, 0.6) is 5.75 Å². The van der Waals surface area contributed by atoms with Gasteiger partial charge in [-0.05, 0) is 37.0 Å². The van der Waals surface area contributed by atoms with E-state index in [2.05, 4.69) is 6.92 Å². The Morgan fingerprint density at radius 1 is 1.02 bits per heavy atom. The van der Waals surface area contributed by atoms with Crippen LogP contribution in [0, 0.1) is 22.7 Å². The molecule has 2 aromatic rings. The van der Waals surface area contributed by atoms with Crippen LogP contribution in [0.15, 0.2) is 51.2 Å². The van der Waals surface area contributed by atoms with Crippen LogP contribution in [-0.2, 0) is 14.3 Å². The van der Waals surface area contributed by atoms with Gasteiger partial charge in [0.25, 0.3) is 0 Å². The van der Waals surface area contributed by atoms with Gasteiger partial charge in [0, 0.05) is 41.2 Å². The second kappa shape index (κ2) is 10.7. The van der Waals surface area contributed by atoms with Crippen LogP contribution in [0.2, 0.25) is 0 Å². The molecule has 3 aliphatic rings. The lowest BCUT2D eigenvalue weighted by Crippen LogP contribution is -2.62. The third-order valence-corrected chi connectivity index (χ3v) is 9.35. The van der Waals surface area contributed by atoms with Crippen LogP contribution >= 0.6 is 0 Å². The van der Waals surface area contributed by atoms with E-state index in [9.17, 15) is 30.0 Å². The molecule has 1 saturated heterocycles. The molecule has 0 spiro atoms. The van der Waals surface area contributed by atoms with Crippen molar-refractivity contribution in [3.63, 3.8) is 0 Å². The largest absolute Gasteiger partial charge is 0.493 e. The first kappa shape index (κ1) is 28.9. The van der Waals surface area contributed by atoms with Gasteiger partial charge in [0.1, 0.15) is 41.5 Å². The fourth-order valence-electron chi connectivity index (χ4n) is 7.11. The molecule has 0 bridgehead atoms. The van der Waals surface area contributed by atoms with Crippen molar-refractivity contribution in [3.8, 4) is 5.75 Å². The first-order valence-corrected chi connectivity index (χ1v) is 13.7. The summed E-state index contributed by atoms with van der Waals surface area (Å²) in [4.78, 5) is 24.9. The van der Waals surface area contributed by atoms with Crippen molar-refractivity contribution in [2.75, 3.05) is 13.2 Å². The van der Waals surface area contributed by atoms with Gasteiger partial charge in [0.15, 0.2) is 6.29 Å². The van der Waals surface area contributed by atoms with Gasteiger partial charge in [-0.3, -0.25) is 4.79 Å². The Bertz CT molecular complexity index is 1350. The van der Waals surface area contributed by atoms with Crippen LogP contribution in [-0.4, -0.2) is 76.2 Å². The third kappa shape index (κ3) is 4.91. The van der Waals surface area contributed by atoms with Crippen molar-refractivity contribution in [3.05, 3.63) is 52.4 Å². The van der Waals surface area contributed by atoms with Gasteiger partial charge in [-0.15, -0.1) is 0 Å². The van der Waals surface area contributed by atoms with Gasteiger partial charge in [0.05, 0.1) is 19.3 Å². The van der Waals surface area contributed by atoms with Crippen molar-refractivity contribution in [1.29, 1.82) is 0 Å². The molecule has 2 aliphatic carbocycles. The molecule has 4 N–H and O–H groups in total. The fraction of sp³-hybridized carbons (Fsp3) is 0.600. The van der Waals surface area contributed by atoms with Crippen molar-refractivity contribution in [2.45, 2.75) is 77.3 Å². The number of aliphatic hydroxyl groups excluding tert-OH is 4. The number of carbonyl (C=O) groups excluding carboxylic acids is 1. The number of aliphatic hydroxyl groups is 4. The minimum Gasteiger partial charge on any atom is -0.493 e. The van der Waals surface area contributed by atoms with E-state index < -0.39 is 59.9 Å². The Balaban J connectivity index is 1.45. The zero-order valence-electron chi connectivity index (χ0n) is 23.1. The number of benzene rings is 1. The molecule has 0 amide bonds. The molecule has 1 aliphatic heterocycles. The van der Waals surface area contributed by atoms with E-state index >= 15 is 0 Å². The molecule has 10 heteroatoms. The minimum atomic E-state index is -1.57. The number of Topliss-reactive ketones (excluding diaryl/α,β-unsaturated/α-hetero) is 1. The SMILES string of the molecule is CC1=C[C@H](O[C@H]2O[C@H](CO)[C@H](O)[C@@H](O)[C@@H]2O)[C@@H]2C(C)(C)C(=O)CC[C@@]2(C)[C@@H]1COc1ccc2ccc(=O)oc2c1. The van der Waals surface area contributed by atoms with Crippen molar-refractivity contribution >= 4 is 16.8 Å². The number of ketones is 1. The minimum absolute atomic E-state index is 0.0852. The summed E-state index contributed by atoms with van der Waals surface area (Å²) in [6.07, 6.45) is -4.76. The lowest BCUT2D eigenvalue weighted by atomic mass is 9.47. The molecule has 218 valence electrons. The summed E-state index contributed by atoms with van der Waals surface area (Å²) < 4.78 is 23.5. The number of carbonyl (C=O) groups is 1. The number of hydrogen-bond acceptors (Lipinski definition) is 10. The Morgan fingerprint density at radius 2 is 1.75 bits per heavy atom. The first-order chi connectivity index (χ1) is 18.9. The van der Waals surface area contributed by atoms with Crippen LogP contribution < -0.4 is 10.4 Å². The summed E-state index contributed by atoms with van der Waals surface area (Å²) in [5, 5.41) is 41.5. The Morgan fingerprint density at radius 3 is 2.48 bits per heavy atom. The van der Waals surface area contributed by atoms with E-state index in [1.807, 2.05) is 39.0 Å². The lowest BCUT2D eigenvalue weighted by molar-refractivity contribution is -0.317. The van der Waals surface area contributed by atoms with Crippen LogP contribution in [0.4, 0.5) is 0 Å². The Kier molecular flexibility index (Phi) is 7.71. The summed E-state index contributed by atoms with van der Waals surface area (Å²) >= 11 is 0. The number of rotatable bonds is 6. The van der Waals surface area contributed by atoms with Gasteiger partial charge in [0.2, 0.25) is 0 Å². The molecule has 0 unspecified atom stereocenters. The molecule has 1 aromatic heterocycles. The molecule has 40 heavy (non-hydrogen) atoms. The summed E-state index contributed by atoms with van der Waals surface area (Å²) in [7, 11) is 0. The van der Waals surface area contributed by atoms with E-state index in [1.54, 1.807) is 12.1 Å². The maximum atomic E-state index is 13.2. The second-order valence-corrected chi connectivity index (χ2v) is 12.2. The van der Waals surface area contributed by atoms with Crippen LogP contribution in [0.3, 0.4) is 0 Å². The molecular formula is C30H38O10. The average Bonchev–Trinajstić information content (AvgIpc) is 2.90. The predicted molar refractivity (Wildman–Crippen MR) is 143 cm³/mol. The highest BCUT2D eigenvalue weighted by Gasteiger charge is 2.60. The first-order valence-electron chi connectivity index (χ1n) is 13.7. The molecule has 9 atom stereocenters. The van der Waals surface area contributed by atoms with Crippen LogP contribution in [0.25, 0.3) is 11.0 Å². The van der Waals surface area contributed by atoms with E-state index in [4.69, 9.17) is 18.6 Å². The Labute approximate surface area is 232 Å². The predicted octanol–water partition coefficient (Wildman–Crippen LogP) is 1.94. The average molecular weight is 559 g/mol. The molecule has 0 radical (unpaired) electrons. The van der Waals surface area contributed by atoms with E-state index in [0.717, 1.165) is 11.0 Å². The molecule has 2 heterocycles. The van der Waals surface area contributed by atoms with Crippen molar-refractivity contribution in [2.24, 2.45) is 22.7 Å². The standard InChI is InChI=1S/C30H38O10/c1-15-11-20(39-28-26(36)25(35)24(34)21(13-31)40-28)27-29(2,3)22(32)9-10-30(27,4)18(15)14-37-17-7-5-16-6-8-23(33)38-19(16)12-17/h5-8,11-12,18,20-21,24-28,31,34-36H,9-10,13-14H2,1-4H3/t18-,20+,21-,24+,25-,26+,27-,28+,30+/m1/s1. The monoisotopic (exact) mass is 558 g/mol. The van der Waals surface area contributed by atoms with Crippen molar-refractivity contribution < 1.29 is 43.8 Å². The third-order valence-electron chi connectivity index (χ3n) is 9.35. The van der Waals surface area contributed by atoms with E-state index in [-0.39, 0.29) is 17.6 Å². The molecule has 1 saturated carbocycles. The van der Waals surface area contributed by atoms with Gasteiger partial charge >= 0.3 is 5.63 Å². The summed E-state index contributed by atoms with van der Waals surface area (Å²) in [6, 6.07) is 8.41. The molecular weight excluding hydrogens is 520 g/mol. The van der Waals surface area contributed by atoms with E-state index in [1.165, 1.54) is 6.07 Å². The molecule has 1 aromatic carbocycles. The zero-order valence-corrected chi connectivity index (χ0v) is 23.1. The fourth-order valence-corrected chi connectivity index (χ4v) is 7.11. The van der Waals surface area contributed by atoms with Crippen LogP contribution in [0.1, 0.15) is 40.5 Å². The quantitative estimate of drug-likeness (QED) is 0.305. The normalized spacial score (nSPS) is 37.6. The number of fused-ring (bicyclic) bond motifs is 2. The molecule has 5 rings (SSSR count). The summed E-state index contributed by atoms with van der Waals surface area (Å²) in [5.41, 5.74) is -0.259. The smallest absolute Gasteiger partial charge is 0.336 e.